The van der Waals surface area contributed by atoms with Crippen molar-refractivity contribution in [2.45, 2.75) is 18.9 Å². The van der Waals surface area contributed by atoms with Crippen molar-refractivity contribution in [3.63, 3.8) is 0 Å². The Morgan fingerprint density at radius 2 is 1.88 bits per heavy atom. The van der Waals surface area contributed by atoms with Crippen LogP contribution < -0.4 is 9.64 Å². The molecule has 0 spiro atoms. The fourth-order valence-corrected chi connectivity index (χ4v) is 4.48. The summed E-state index contributed by atoms with van der Waals surface area (Å²) >= 11 is 5.97. The molecule has 0 saturated carbocycles. The minimum atomic E-state index is -0.130. The number of halogens is 1. The smallest absolute Gasteiger partial charge is 0.227 e. The second-order valence-corrected chi connectivity index (χ2v) is 8.52. The molecular formula is C26H22ClN3O3. The molecule has 5 rings (SSSR count). The molecule has 33 heavy (non-hydrogen) atoms. The van der Waals surface area contributed by atoms with E-state index in [-0.39, 0.29) is 24.2 Å². The number of Topliss-reactive ketones (excluding diaryl/α,β-unsaturated/α-hetero) is 1. The Bertz CT molecular complexity index is 1350. The summed E-state index contributed by atoms with van der Waals surface area (Å²) < 4.78 is 7.26. The number of aromatic nitrogens is 2. The van der Waals surface area contributed by atoms with Gasteiger partial charge in [-0.15, -0.1) is 0 Å². The number of fused-ring (bicyclic) bond motifs is 1. The van der Waals surface area contributed by atoms with E-state index in [4.69, 9.17) is 21.3 Å². The van der Waals surface area contributed by atoms with Crippen molar-refractivity contribution in [2.75, 3.05) is 18.6 Å². The lowest BCUT2D eigenvalue weighted by Crippen LogP contribution is -2.24. The highest BCUT2D eigenvalue weighted by molar-refractivity contribution is 6.30. The third-order valence-electron chi connectivity index (χ3n) is 6.01. The molecule has 4 aromatic rings. The lowest BCUT2D eigenvalue weighted by Gasteiger charge is -2.18. The van der Waals surface area contributed by atoms with E-state index in [0.29, 0.717) is 29.3 Å². The molecule has 1 saturated heterocycles. The first-order valence-electron chi connectivity index (χ1n) is 10.7. The van der Waals surface area contributed by atoms with E-state index < -0.39 is 0 Å². The van der Waals surface area contributed by atoms with E-state index in [1.165, 1.54) is 0 Å². The molecule has 1 atom stereocenters. The van der Waals surface area contributed by atoms with Crippen molar-refractivity contribution in [3.05, 3.63) is 89.2 Å². The van der Waals surface area contributed by atoms with Crippen molar-refractivity contribution in [2.24, 2.45) is 0 Å². The third kappa shape index (κ3) is 4.10. The lowest BCUT2D eigenvalue weighted by molar-refractivity contribution is -0.117. The Morgan fingerprint density at radius 1 is 1.09 bits per heavy atom. The number of hydrogen-bond acceptors (Lipinski definition) is 4. The zero-order chi connectivity index (χ0) is 22.9. The number of benzene rings is 3. The molecule has 1 aromatic heterocycles. The van der Waals surface area contributed by atoms with Crippen molar-refractivity contribution >= 4 is 40.0 Å². The Kier molecular flexibility index (Phi) is 5.60. The number of ether oxygens (including phenoxy) is 1. The number of nitrogens with zero attached hydrogens (tertiary/aromatic N) is 3. The molecule has 1 aliphatic heterocycles. The fourth-order valence-electron chi connectivity index (χ4n) is 4.35. The highest BCUT2D eigenvalue weighted by Gasteiger charge is 2.35. The molecule has 3 aromatic carbocycles. The molecule has 2 heterocycles. The van der Waals surface area contributed by atoms with Gasteiger partial charge in [-0.3, -0.25) is 9.59 Å². The van der Waals surface area contributed by atoms with Crippen molar-refractivity contribution < 1.29 is 14.3 Å². The van der Waals surface area contributed by atoms with Crippen LogP contribution in [-0.2, 0) is 11.3 Å². The Balaban J connectivity index is 1.48. The summed E-state index contributed by atoms with van der Waals surface area (Å²) in [6.45, 7) is 0.631. The summed E-state index contributed by atoms with van der Waals surface area (Å²) in [5.74, 6) is 1.30. The predicted octanol–water partition coefficient (Wildman–Crippen LogP) is 5.10. The number of para-hydroxylation sites is 2. The van der Waals surface area contributed by atoms with E-state index in [9.17, 15) is 9.59 Å². The quantitative estimate of drug-likeness (QED) is 0.376. The lowest BCUT2D eigenvalue weighted by atomic mass is 10.1. The number of carbonyl (C=O) groups is 2. The molecule has 1 amide bonds. The van der Waals surface area contributed by atoms with Gasteiger partial charge < -0.3 is 14.2 Å². The molecule has 0 aliphatic carbocycles. The van der Waals surface area contributed by atoms with Crippen molar-refractivity contribution in [3.8, 4) is 5.75 Å². The zero-order valence-electron chi connectivity index (χ0n) is 18.1. The van der Waals surface area contributed by atoms with E-state index in [1.807, 2.05) is 53.1 Å². The minimum Gasteiger partial charge on any atom is -0.497 e. The van der Waals surface area contributed by atoms with Gasteiger partial charge in [-0.25, -0.2) is 4.98 Å². The summed E-state index contributed by atoms with van der Waals surface area (Å²) in [7, 11) is 1.60. The minimum absolute atomic E-state index is 0.0240. The van der Waals surface area contributed by atoms with Crippen molar-refractivity contribution in [1.29, 1.82) is 0 Å². The first kappa shape index (κ1) is 21.2. The zero-order valence-corrected chi connectivity index (χ0v) is 18.8. The number of imidazole rings is 1. The molecule has 0 N–H and O–H groups in total. The molecule has 1 fully saturated rings. The monoisotopic (exact) mass is 459 g/mol. The average Bonchev–Trinajstić information content (AvgIpc) is 3.40. The van der Waals surface area contributed by atoms with E-state index in [2.05, 4.69) is 0 Å². The Morgan fingerprint density at radius 3 is 2.67 bits per heavy atom. The highest BCUT2D eigenvalue weighted by atomic mass is 35.5. The van der Waals surface area contributed by atoms with Crippen LogP contribution in [0.2, 0.25) is 5.02 Å². The molecular weight excluding hydrogens is 438 g/mol. The maximum atomic E-state index is 13.1. The van der Waals surface area contributed by atoms with Crippen LogP contribution in [-0.4, -0.2) is 34.9 Å². The predicted molar refractivity (Wildman–Crippen MR) is 128 cm³/mol. The number of anilines is 1. The largest absolute Gasteiger partial charge is 0.497 e. The molecule has 0 bridgehead atoms. The van der Waals surface area contributed by atoms with Gasteiger partial charge in [0.25, 0.3) is 0 Å². The van der Waals surface area contributed by atoms with Gasteiger partial charge in [-0.2, -0.15) is 0 Å². The number of hydrogen-bond donors (Lipinski definition) is 0. The van der Waals surface area contributed by atoms with Gasteiger partial charge in [0.15, 0.2) is 5.78 Å². The van der Waals surface area contributed by atoms with Gasteiger partial charge >= 0.3 is 0 Å². The molecule has 1 unspecified atom stereocenters. The van der Waals surface area contributed by atoms with E-state index >= 15 is 0 Å². The molecule has 6 nitrogen and oxygen atoms in total. The van der Waals surface area contributed by atoms with Gasteiger partial charge in [0, 0.05) is 41.2 Å². The Labute approximate surface area is 196 Å². The molecule has 166 valence electrons. The van der Waals surface area contributed by atoms with Gasteiger partial charge in [-0.05, 0) is 48.5 Å². The van der Waals surface area contributed by atoms with Crippen LogP contribution in [0.4, 0.5) is 5.69 Å². The molecule has 7 heteroatoms. The fraction of sp³-hybridized carbons (Fsp3) is 0.192. The number of carbonyl (C=O) groups excluding carboxylic acids is 2. The van der Waals surface area contributed by atoms with Crippen LogP contribution >= 0.6 is 11.6 Å². The summed E-state index contributed by atoms with van der Waals surface area (Å²) in [6.07, 6.45) is 0.329. The maximum Gasteiger partial charge on any atom is 0.227 e. The second kappa shape index (κ2) is 8.71. The number of ketones is 1. The summed E-state index contributed by atoms with van der Waals surface area (Å²) in [6, 6.07) is 22.1. The van der Waals surface area contributed by atoms with Crippen LogP contribution in [0.15, 0.2) is 72.8 Å². The third-order valence-corrected chi connectivity index (χ3v) is 6.26. The standard InChI is InChI=1S/C26H22ClN3O3/c1-33-21-6-4-5-20(14-21)29-15-18(13-25(29)32)26-28-22-7-2-3-8-23(22)30(26)16-24(31)17-9-11-19(27)12-10-17/h2-12,14,18H,13,15-16H2,1H3. The van der Waals surface area contributed by atoms with Crippen LogP contribution in [0.5, 0.6) is 5.75 Å². The summed E-state index contributed by atoms with van der Waals surface area (Å²) in [5, 5.41) is 0.586. The average molecular weight is 460 g/mol. The molecule has 1 aliphatic rings. The summed E-state index contributed by atoms with van der Waals surface area (Å²) in [4.78, 5) is 32.6. The van der Waals surface area contributed by atoms with Crippen LogP contribution in [0, 0.1) is 0 Å². The van der Waals surface area contributed by atoms with Crippen LogP contribution in [0.3, 0.4) is 0 Å². The highest BCUT2D eigenvalue weighted by Crippen LogP contribution is 2.34. The van der Waals surface area contributed by atoms with E-state index in [1.54, 1.807) is 36.3 Å². The second-order valence-electron chi connectivity index (χ2n) is 8.08. The number of amides is 1. The normalized spacial score (nSPS) is 15.9. The summed E-state index contributed by atoms with van der Waals surface area (Å²) in [5.41, 5.74) is 3.07. The van der Waals surface area contributed by atoms with E-state index in [0.717, 1.165) is 22.5 Å². The topological polar surface area (TPSA) is 64.4 Å². The first-order chi connectivity index (χ1) is 16.0. The maximum absolute atomic E-state index is 13.1. The molecule has 0 radical (unpaired) electrons. The van der Waals surface area contributed by atoms with Gasteiger partial charge in [0.05, 0.1) is 24.7 Å². The SMILES string of the molecule is COc1cccc(N2CC(c3nc4ccccc4n3CC(=O)c3ccc(Cl)cc3)CC2=O)c1. The first-order valence-corrected chi connectivity index (χ1v) is 11.1. The van der Waals surface area contributed by atoms with Crippen molar-refractivity contribution in [1.82, 2.24) is 9.55 Å². The van der Waals surface area contributed by atoms with Gasteiger partial charge in [0.2, 0.25) is 5.91 Å². The van der Waals surface area contributed by atoms with Crippen LogP contribution in [0.25, 0.3) is 11.0 Å². The van der Waals surface area contributed by atoms with Gasteiger partial charge in [0.1, 0.15) is 11.6 Å². The number of methoxy groups -OCH3 is 1. The number of rotatable bonds is 6. The Hall–Kier alpha value is -3.64. The van der Waals surface area contributed by atoms with Gasteiger partial charge in [-0.1, -0.05) is 29.8 Å². The van der Waals surface area contributed by atoms with Crippen LogP contribution in [0.1, 0.15) is 28.5 Å².